The van der Waals surface area contributed by atoms with Gasteiger partial charge >= 0.3 is 6.09 Å². The number of nitrogens with zero attached hydrogens (tertiary/aromatic N) is 1. The third-order valence-electron chi connectivity index (χ3n) is 2.95. The van der Waals surface area contributed by atoms with Gasteiger partial charge in [0.25, 0.3) is 0 Å². The quantitative estimate of drug-likeness (QED) is 0.838. The normalized spacial score (nSPS) is 13.9. The molecule has 1 aromatic rings. The standard InChI is InChI=1S/C17H24N2O3/c1-11-6-12(2)8-13(7-11)9-14(15(20)10-18)19-16(21)22-17(3,4)5/h6-8,14-15,20H,9H2,1-5H3,(H,19,21). The number of alkyl carbamates (subject to hydrolysis) is 1. The number of benzene rings is 1. The number of aryl methyl sites for hydroxylation is 2. The van der Waals surface area contributed by atoms with Gasteiger partial charge in [-0.1, -0.05) is 29.3 Å². The second-order valence-corrected chi connectivity index (χ2v) is 6.53. The Morgan fingerprint density at radius 2 is 1.86 bits per heavy atom. The van der Waals surface area contributed by atoms with Crippen LogP contribution < -0.4 is 5.32 Å². The van der Waals surface area contributed by atoms with E-state index in [0.717, 1.165) is 16.7 Å². The van der Waals surface area contributed by atoms with Gasteiger partial charge in [-0.05, 0) is 46.6 Å². The highest BCUT2D eigenvalue weighted by Gasteiger charge is 2.24. The number of aliphatic hydroxyl groups is 1. The molecule has 5 heteroatoms. The van der Waals surface area contributed by atoms with E-state index in [2.05, 4.69) is 5.32 Å². The van der Waals surface area contributed by atoms with E-state index in [9.17, 15) is 9.90 Å². The predicted molar refractivity (Wildman–Crippen MR) is 84.4 cm³/mol. The molecule has 1 aromatic carbocycles. The highest BCUT2D eigenvalue weighted by atomic mass is 16.6. The van der Waals surface area contributed by atoms with Gasteiger partial charge in [-0.3, -0.25) is 0 Å². The number of aliphatic hydroxyl groups excluding tert-OH is 1. The maximum Gasteiger partial charge on any atom is 0.408 e. The maximum absolute atomic E-state index is 11.9. The van der Waals surface area contributed by atoms with Crippen molar-refractivity contribution in [1.29, 1.82) is 5.26 Å². The number of rotatable bonds is 4. The first-order chi connectivity index (χ1) is 10.1. The first-order valence-electron chi connectivity index (χ1n) is 7.25. The molecule has 120 valence electrons. The van der Waals surface area contributed by atoms with Crippen molar-refractivity contribution in [2.24, 2.45) is 0 Å². The molecule has 5 nitrogen and oxygen atoms in total. The Kier molecular flexibility index (Phi) is 5.95. The van der Waals surface area contributed by atoms with Crippen LogP contribution in [0.4, 0.5) is 4.79 Å². The van der Waals surface area contributed by atoms with Gasteiger partial charge in [-0.2, -0.15) is 5.26 Å². The second kappa shape index (κ2) is 7.28. The number of nitrogens with one attached hydrogen (secondary N) is 1. The van der Waals surface area contributed by atoms with Crippen molar-refractivity contribution >= 4 is 6.09 Å². The van der Waals surface area contributed by atoms with Crippen LogP contribution in [0.15, 0.2) is 18.2 Å². The molecular weight excluding hydrogens is 280 g/mol. The van der Waals surface area contributed by atoms with Gasteiger partial charge in [0.05, 0.1) is 12.1 Å². The Morgan fingerprint density at radius 3 is 2.32 bits per heavy atom. The molecule has 0 bridgehead atoms. The van der Waals surface area contributed by atoms with Crippen molar-refractivity contribution < 1.29 is 14.6 Å². The van der Waals surface area contributed by atoms with Gasteiger partial charge < -0.3 is 15.2 Å². The number of nitriles is 1. The fraction of sp³-hybridized carbons (Fsp3) is 0.529. The average molecular weight is 304 g/mol. The van der Waals surface area contributed by atoms with Crippen molar-refractivity contribution in [1.82, 2.24) is 5.32 Å². The summed E-state index contributed by atoms with van der Waals surface area (Å²) in [5.41, 5.74) is 2.51. The molecule has 0 aliphatic carbocycles. The Hall–Kier alpha value is -2.06. The Balaban J connectivity index is 2.85. The molecule has 22 heavy (non-hydrogen) atoms. The Morgan fingerprint density at radius 1 is 1.32 bits per heavy atom. The van der Waals surface area contributed by atoms with Crippen molar-refractivity contribution in [2.75, 3.05) is 0 Å². The van der Waals surface area contributed by atoms with Gasteiger partial charge in [0.15, 0.2) is 6.10 Å². The first kappa shape index (κ1) is 18.0. The van der Waals surface area contributed by atoms with Crippen LogP contribution in [0.2, 0.25) is 0 Å². The molecule has 2 N–H and O–H groups in total. The van der Waals surface area contributed by atoms with E-state index in [-0.39, 0.29) is 0 Å². The second-order valence-electron chi connectivity index (χ2n) is 6.53. The zero-order valence-corrected chi connectivity index (χ0v) is 13.8. The number of carbonyl (C=O) groups is 1. The largest absolute Gasteiger partial charge is 0.444 e. The fourth-order valence-corrected chi connectivity index (χ4v) is 2.23. The lowest BCUT2D eigenvalue weighted by Crippen LogP contribution is -2.46. The molecule has 1 rings (SSSR count). The fourth-order valence-electron chi connectivity index (χ4n) is 2.23. The van der Waals surface area contributed by atoms with Crippen LogP contribution >= 0.6 is 0 Å². The summed E-state index contributed by atoms with van der Waals surface area (Å²) in [7, 11) is 0. The lowest BCUT2D eigenvalue weighted by molar-refractivity contribution is 0.0459. The highest BCUT2D eigenvalue weighted by molar-refractivity contribution is 5.68. The van der Waals surface area contributed by atoms with E-state index in [1.165, 1.54) is 0 Å². The van der Waals surface area contributed by atoms with E-state index in [0.29, 0.717) is 6.42 Å². The molecule has 0 aromatic heterocycles. The molecule has 0 aliphatic rings. The summed E-state index contributed by atoms with van der Waals surface area (Å²) in [6.45, 7) is 9.23. The van der Waals surface area contributed by atoms with Crippen LogP contribution in [0.3, 0.4) is 0 Å². The van der Waals surface area contributed by atoms with Crippen molar-refractivity contribution in [3.63, 3.8) is 0 Å². The summed E-state index contributed by atoms with van der Waals surface area (Å²) in [6, 6.07) is 7.04. The van der Waals surface area contributed by atoms with Gasteiger partial charge in [0, 0.05) is 0 Å². The number of hydrogen-bond acceptors (Lipinski definition) is 4. The van der Waals surface area contributed by atoms with Crippen LogP contribution in [-0.4, -0.2) is 28.9 Å². The van der Waals surface area contributed by atoms with E-state index < -0.39 is 23.8 Å². The SMILES string of the molecule is Cc1cc(C)cc(CC(NC(=O)OC(C)(C)C)C(O)C#N)c1. The van der Waals surface area contributed by atoms with E-state index in [4.69, 9.17) is 10.00 Å². The van der Waals surface area contributed by atoms with Crippen molar-refractivity contribution in [2.45, 2.75) is 58.8 Å². The molecule has 0 saturated heterocycles. The number of amides is 1. The zero-order valence-electron chi connectivity index (χ0n) is 13.8. The number of ether oxygens (including phenoxy) is 1. The van der Waals surface area contributed by atoms with E-state index >= 15 is 0 Å². The monoisotopic (exact) mass is 304 g/mol. The minimum Gasteiger partial charge on any atom is -0.444 e. The Bertz CT molecular complexity index is 550. The van der Waals surface area contributed by atoms with Gasteiger partial charge in [0.2, 0.25) is 0 Å². The average Bonchev–Trinajstić information content (AvgIpc) is 2.33. The highest BCUT2D eigenvalue weighted by Crippen LogP contribution is 2.13. The molecule has 0 radical (unpaired) electrons. The minimum atomic E-state index is -1.30. The third-order valence-corrected chi connectivity index (χ3v) is 2.95. The van der Waals surface area contributed by atoms with Gasteiger partial charge in [0.1, 0.15) is 5.60 Å². The van der Waals surface area contributed by atoms with E-state index in [1.54, 1.807) is 26.8 Å². The van der Waals surface area contributed by atoms with Crippen LogP contribution in [0.25, 0.3) is 0 Å². The number of carbonyl (C=O) groups excluding carboxylic acids is 1. The number of hydrogen-bond donors (Lipinski definition) is 2. The molecule has 2 atom stereocenters. The maximum atomic E-state index is 11.9. The van der Waals surface area contributed by atoms with E-state index in [1.807, 2.05) is 32.0 Å². The summed E-state index contributed by atoms with van der Waals surface area (Å²) in [5, 5.41) is 21.4. The third kappa shape index (κ3) is 6.15. The summed E-state index contributed by atoms with van der Waals surface area (Å²) in [5.74, 6) is 0. The molecule has 1 amide bonds. The lowest BCUT2D eigenvalue weighted by atomic mass is 9.98. The summed E-state index contributed by atoms with van der Waals surface area (Å²) < 4.78 is 5.18. The molecular formula is C17H24N2O3. The van der Waals surface area contributed by atoms with Gasteiger partial charge in [-0.25, -0.2) is 4.79 Å². The molecule has 0 aliphatic heterocycles. The van der Waals surface area contributed by atoms with Crippen LogP contribution in [0, 0.1) is 25.2 Å². The van der Waals surface area contributed by atoms with Crippen molar-refractivity contribution in [3.05, 3.63) is 34.9 Å². The predicted octanol–water partition coefficient (Wildman–Crippen LogP) is 2.62. The Labute approximate surface area is 131 Å². The lowest BCUT2D eigenvalue weighted by Gasteiger charge is -2.24. The van der Waals surface area contributed by atoms with Crippen LogP contribution in [0.1, 0.15) is 37.5 Å². The molecule has 0 saturated carbocycles. The molecule has 0 heterocycles. The summed E-state index contributed by atoms with van der Waals surface area (Å²) >= 11 is 0. The van der Waals surface area contributed by atoms with Crippen LogP contribution in [-0.2, 0) is 11.2 Å². The summed E-state index contributed by atoms with van der Waals surface area (Å²) in [6.07, 6.45) is -1.58. The zero-order chi connectivity index (χ0) is 16.9. The molecule has 0 fully saturated rings. The first-order valence-corrected chi connectivity index (χ1v) is 7.25. The molecule has 0 spiro atoms. The van der Waals surface area contributed by atoms with Crippen molar-refractivity contribution in [3.8, 4) is 6.07 Å². The van der Waals surface area contributed by atoms with Crippen LogP contribution in [0.5, 0.6) is 0 Å². The molecule has 2 unspecified atom stereocenters. The smallest absolute Gasteiger partial charge is 0.408 e. The minimum absolute atomic E-state index is 0.358. The summed E-state index contributed by atoms with van der Waals surface area (Å²) in [4.78, 5) is 11.9. The topological polar surface area (TPSA) is 82.3 Å². The van der Waals surface area contributed by atoms with Gasteiger partial charge in [-0.15, -0.1) is 0 Å².